The van der Waals surface area contributed by atoms with Crippen LogP contribution in [-0.4, -0.2) is 28.7 Å². The molecule has 6 nitrogen and oxygen atoms in total. The number of nitrogens with one attached hydrogen (secondary N) is 1. The number of fused-ring (bicyclic) bond motifs is 1. The number of aromatic nitrogens is 2. The molecule has 1 amide bonds. The topological polar surface area (TPSA) is 73.3 Å². The summed E-state index contributed by atoms with van der Waals surface area (Å²) in [4.78, 5) is 13.0. The SMILES string of the molecule is CCc1nnsc1C(=O)N[C@H](C)c1ccc2c(c1)OCCCO2. The van der Waals surface area contributed by atoms with Gasteiger partial charge in [-0.25, -0.2) is 0 Å². The van der Waals surface area contributed by atoms with Crippen molar-refractivity contribution in [1.29, 1.82) is 0 Å². The summed E-state index contributed by atoms with van der Waals surface area (Å²) < 4.78 is 15.2. The molecule has 1 aliphatic rings. The monoisotopic (exact) mass is 333 g/mol. The lowest BCUT2D eigenvalue weighted by molar-refractivity contribution is 0.0943. The van der Waals surface area contributed by atoms with Gasteiger partial charge in [0.25, 0.3) is 5.91 Å². The van der Waals surface area contributed by atoms with Crippen LogP contribution in [0.15, 0.2) is 18.2 Å². The van der Waals surface area contributed by atoms with Crippen LogP contribution < -0.4 is 14.8 Å². The molecule has 0 bridgehead atoms. The third-order valence-corrected chi connectivity index (χ3v) is 4.48. The number of amides is 1. The van der Waals surface area contributed by atoms with Crippen LogP contribution >= 0.6 is 11.5 Å². The molecule has 122 valence electrons. The lowest BCUT2D eigenvalue weighted by Crippen LogP contribution is -2.26. The highest BCUT2D eigenvalue weighted by atomic mass is 32.1. The van der Waals surface area contributed by atoms with Crippen LogP contribution in [0, 0.1) is 0 Å². The summed E-state index contributed by atoms with van der Waals surface area (Å²) in [5, 5.41) is 6.97. The van der Waals surface area contributed by atoms with Crippen LogP contribution in [0.2, 0.25) is 0 Å². The first-order valence-electron chi connectivity index (χ1n) is 7.70. The third kappa shape index (κ3) is 3.44. The van der Waals surface area contributed by atoms with Gasteiger partial charge in [0.05, 0.1) is 24.9 Å². The maximum atomic E-state index is 12.4. The molecular weight excluding hydrogens is 314 g/mol. The van der Waals surface area contributed by atoms with E-state index in [2.05, 4.69) is 14.9 Å². The summed E-state index contributed by atoms with van der Waals surface area (Å²) in [7, 11) is 0. The molecule has 3 rings (SSSR count). The second-order valence-electron chi connectivity index (χ2n) is 5.35. The lowest BCUT2D eigenvalue weighted by atomic mass is 10.1. The molecule has 1 aliphatic heterocycles. The van der Waals surface area contributed by atoms with E-state index in [9.17, 15) is 4.79 Å². The molecule has 7 heteroatoms. The number of hydrogen-bond donors (Lipinski definition) is 1. The zero-order chi connectivity index (χ0) is 16.2. The summed E-state index contributed by atoms with van der Waals surface area (Å²) in [6, 6.07) is 5.62. The number of rotatable bonds is 4. The average Bonchev–Trinajstić information content (AvgIpc) is 2.92. The second kappa shape index (κ2) is 6.95. The molecule has 1 N–H and O–H groups in total. The highest BCUT2D eigenvalue weighted by Crippen LogP contribution is 2.32. The van der Waals surface area contributed by atoms with Crippen molar-refractivity contribution >= 4 is 17.4 Å². The minimum absolute atomic E-state index is 0.142. The van der Waals surface area contributed by atoms with E-state index in [1.165, 1.54) is 0 Å². The Morgan fingerprint density at radius 1 is 1.35 bits per heavy atom. The van der Waals surface area contributed by atoms with Crippen LogP contribution in [0.4, 0.5) is 0 Å². The fraction of sp³-hybridized carbons (Fsp3) is 0.438. The standard InChI is InChI=1S/C16H19N3O3S/c1-3-12-15(23-19-18-12)16(20)17-10(2)11-5-6-13-14(9-11)22-8-4-7-21-13/h5-6,9-10H,3-4,7-8H2,1-2H3,(H,17,20)/t10-/m1/s1. The lowest BCUT2D eigenvalue weighted by Gasteiger charge is -2.16. The Bertz CT molecular complexity index is 702. The molecule has 0 aliphatic carbocycles. The Labute approximate surface area is 139 Å². The Kier molecular flexibility index (Phi) is 4.76. The number of nitrogens with zero attached hydrogens (tertiary/aromatic N) is 2. The normalized spacial score (nSPS) is 14.9. The first-order chi connectivity index (χ1) is 11.2. The number of carbonyl (C=O) groups is 1. The molecule has 1 aromatic carbocycles. The van der Waals surface area contributed by atoms with E-state index in [4.69, 9.17) is 9.47 Å². The molecule has 1 atom stereocenters. The first kappa shape index (κ1) is 15.7. The van der Waals surface area contributed by atoms with E-state index < -0.39 is 0 Å². The Morgan fingerprint density at radius 3 is 2.91 bits per heavy atom. The third-order valence-electron chi connectivity index (χ3n) is 3.72. The van der Waals surface area contributed by atoms with Gasteiger partial charge in [0.2, 0.25) is 0 Å². The van der Waals surface area contributed by atoms with E-state index in [1.54, 1.807) is 0 Å². The number of carbonyl (C=O) groups excluding carboxylic acids is 1. The Hall–Kier alpha value is -2.15. The van der Waals surface area contributed by atoms with Gasteiger partial charge in [0.1, 0.15) is 4.88 Å². The van der Waals surface area contributed by atoms with Crippen LogP contribution in [-0.2, 0) is 6.42 Å². The maximum absolute atomic E-state index is 12.4. The minimum Gasteiger partial charge on any atom is -0.490 e. The van der Waals surface area contributed by atoms with E-state index in [0.29, 0.717) is 24.5 Å². The van der Waals surface area contributed by atoms with Crippen molar-refractivity contribution < 1.29 is 14.3 Å². The molecule has 2 aromatic rings. The number of hydrogen-bond acceptors (Lipinski definition) is 6. The van der Waals surface area contributed by atoms with Gasteiger partial charge in [-0.15, -0.1) is 5.10 Å². The number of aryl methyl sites for hydroxylation is 1. The highest BCUT2D eigenvalue weighted by Gasteiger charge is 2.19. The summed E-state index contributed by atoms with van der Waals surface area (Å²) in [6.07, 6.45) is 1.56. The van der Waals surface area contributed by atoms with Gasteiger partial charge in [-0.05, 0) is 42.6 Å². The van der Waals surface area contributed by atoms with Gasteiger partial charge >= 0.3 is 0 Å². The summed E-state index contributed by atoms with van der Waals surface area (Å²) in [6.45, 7) is 5.21. The zero-order valence-corrected chi connectivity index (χ0v) is 14.0. The Morgan fingerprint density at radius 2 is 2.13 bits per heavy atom. The van der Waals surface area contributed by atoms with E-state index in [-0.39, 0.29) is 11.9 Å². The van der Waals surface area contributed by atoms with Crippen molar-refractivity contribution in [2.45, 2.75) is 32.7 Å². The summed E-state index contributed by atoms with van der Waals surface area (Å²) in [5.74, 6) is 1.34. The molecule has 0 radical (unpaired) electrons. The van der Waals surface area contributed by atoms with Crippen LogP contribution in [0.3, 0.4) is 0 Å². The van der Waals surface area contributed by atoms with Gasteiger partial charge in [0.15, 0.2) is 11.5 Å². The predicted molar refractivity (Wildman–Crippen MR) is 87.2 cm³/mol. The summed E-state index contributed by atoms with van der Waals surface area (Å²) in [5.41, 5.74) is 1.71. The quantitative estimate of drug-likeness (QED) is 0.931. The minimum atomic E-state index is -0.147. The molecule has 23 heavy (non-hydrogen) atoms. The molecule has 0 saturated carbocycles. The van der Waals surface area contributed by atoms with E-state index >= 15 is 0 Å². The molecule has 2 heterocycles. The fourth-order valence-corrected chi connectivity index (χ4v) is 3.06. The summed E-state index contributed by atoms with van der Waals surface area (Å²) >= 11 is 1.13. The van der Waals surface area contributed by atoms with Crippen LogP contribution in [0.5, 0.6) is 11.5 Å². The van der Waals surface area contributed by atoms with Gasteiger partial charge < -0.3 is 14.8 Å². The molecule has 0 fully saturated rings. The predicted octanol–water partition coefficient (Wildman–Crippen LogP) is 2.75. The largest absolute Gasteiger partial charge is 0.490 e. The van der Waals surface area contributed by atoms with Gasteiger partial charge in [-0.1, -0.05) is 17.5 Å². The maximum Gasteiger partial charge on any atom is 0.265 e. The van der Waals surface area contributed by atoms with E-state index in [0.717, 1.165) is 40.7 Å². The molecule has 0 spiro atoms. The molecular formula is C16H19N3O3S. The van der Waals surface area contributed by atoms with Crippen molar-refractivity contribution in [2.24, 2.45) is 0 Å². The second-order valence-corrected chi connectivity index (χ2v) is 6.11. The number of benzene rings is 1. The number of ether oxygens (including phenoxy) is 2. The fourth-order valence-electron chi connectivity index (χ4n) is 2.41. The van der Waals surface area contributed by atoms with Crippen molar-refractivity contribution in [3.8, 4) is 11.5 Å². The zero-order valence-electron chi connectivity index (χ0n) is 13.2. The van der Waals surface area contributed by atoms with Crippen molar-refractivity contribution in [1.82, 2.24) is 14.9 Å². The van der Waals surface area contributed by atoms with Crippen molar-refractivity contribution in [3.05, 3.63) is 34.3 Å². The average molecular weight is 333 g/mol. The molecule has 1 aromatic heterocycles. The first-order valence-corrected chi connectivity index (χ1v) is 8.48. The smallest absolute Gasteiger partial charge is 0.265 e. The molecule has 0 unspecified atom stereocenters. The van der Waals surface area contributed by atoms with Crippen LogP contribution in [0.1, 0.15) is 47.2 Å². The van der Waals surface area contributed by atoms with Crippen molar-refractivity contribution in [2.75, 3.05) is 13.2 Å². The van der Waals surface area contributed by atoms with E-state index in [1.807, 2.05) is 32.0 Å². The van der Waals surface area contributed by atoms with Gasteiger partial charge in [-0.2, -0.15) is 0 Å². The van der Waals surface area contributed by atoms with Gasteiger partial charge in [-0.3, -0.25) is 4.79 Å². The van der Waals surface area contributed by atoms with Gasteiger partial charge in [0, 0.05) is 6.42 Å². The Balaban J connectivity index is 1.74. The molecule has 0 saturated heterocycles. The highest BCUT2D eigenvalue weighted by molar-refractivity contribution is 7.08. The van der Waals surface area contributed by atoms with Crippen LogP contribution in [0.25, 0.3) is 0 Å². The van der Waals surface area contributed by atoms with Crippen molar-refractivity contribution in [3.63, 3.8) is 0 Å².